The van der Waals surface area contributed by atoms with Crippen LogP contribution in [0, 0.1) is 5.92 Å². The van der Waals surface area contributed by atoms with Gasteiger partial charge in [-0.15, -0.1) is 16.4 Å². The number of amides is 1. The first kappa shape index (κ1) is 14.3. The fourth-order valence-corrected chi connectivity index (χ4v) is 5.08. The number of nitrogens with one attached hydrogen (secondary N) is 1. The molecule has 0 aliphatic carbocycles. The van der Waals surface area contributed by atoms with Gasteiger partial charge in [0.05, 0.1) is 9.09 Å². The first-order valence-electron chi connectivity index (χ1n) is 7.50. The van der Waals surface area contributed by atoms with E-state index in [9.17, 15) is 4.79 Å². The zero-order chi connectivity index (χ0) is 14.9. The number of hydrazone groups is 1. The van der Waals surface area contributed by atoms with Gasteiger partial charge in [-0.2, -0.15) is 4.41 Å². The van der Waals surface area contributed by atoms with Crippen molar-refractivity contribution >= 4 is 35.6 Å². The Morgan fingerprint density at radius 1 is 1.41 bits per heavy atom. The van der Waals surface area contributed by atoms with Crippen molar-refractivity contribution in [3.8, 4) is 0 Å². The number of thiophene rings is 1. The summed E-state index contributed by atoms with van der Waals surface area (Å²) in [6.45, 7) is 3.83. The number of piperidine rings is 3. The molecule has 5 heterocycles. The molecule has 2 bridgehead atoms. The van der Waals surface area contributed by atoms with Gasteiger partial charge in [0.2, 0.25) is 0 Å². The summed E-state index contributed by atoms with van der Waals surface area (Å²) < 4.78 is 7.84. The van der Waals surface area contributed by atoms with Crippen molar-refractivity contribution in [2.75, 3.05) is 26.4 Å². The van der Waals surface area contributed by atoms with Crippen LogP contribution in [0.3, 0.4) is 0 Å². The Hall–Kier alpha value is -1.25. The number of carbonyl (C=O) groups is 1. The lowest BCUT2D eigenvalue weighted by Crippen LogP contribution is -2.57. The summed E-state index contributed by atoms with van der Waals surface area (Å²) in [5, 5.41) is 7.28. The predicted octanol–water partition coefficient (Wildman–Crippen LogP) is 1.81. The van der Waals surface area contributed by atoms with Crippen LogP contribution in [0.15, 0.2) is 21.4 Å². The van der Waals surface area contributed by atoms with E-state index in [1.165, 1.54) is 55.6 Å². The van der Waals surface area contributed by atoms with Crippen LogP contribution in [-0.4, -0.2) is 54.0 Å². The third kappa shape index (κ3) is 2.95. The molecular weight excluding hydrogens is 320 g/mol. The van der Waals surface area contributed by atoms with Crippen LogP contribution in [0.4, 0.5) is 0 Å². The summed E-state index contributed by atoms with van der Waals surface area (Å²) in [6, 6.07) is 4.17. The fraction of sp³-hybridized carbons (Fsp3) is 0.571. The molecule has 22 heavy (non-hydrogen) atoms. The third-order valence-electron chi connectivity index (χ3n) is 4.41. The predicted molar refractivity (Wildman–Crippen MR) is 86.9 cm³/mol. The first-order valence-corrected chi connectivity index (χ1v) is 9.09. The van der Waals surface area contributed by atoms with Crippen molar-refractivity contribution in [2.24, 2.45) is 11.0 Å². The molecule has 1 aromatic rings. The average Bonchev–Trinajstić information content (AvgIpc) is 3.21. The molecule has 4 aliphatic rings. The van der Waals surface area contributed by atoms with E-state index >= 15 is 0 Å². The highest BCUT2D eigenvalue weighted by Crippen LogP contribution is 2.32. The van der Waals surface area contributed by atoms with Crippen LogP contribution in [0.1, 0.15) is 22.5 Å². The van der Waals surface area contributed by atoms with Crippen LogP contribution in [0.5, 0.6) is 0 Å². The number of ether oxygens (including phenoxy) is 1. The van der Waals surface area contributed by atoms with E-state index < -0.39 is 0 Å². The lowest BCUT2D eigenvalue weighted by molar-refractivity contribution is 0.0622. The minimum Gasteiger partial charge on any atom is -0.459 e. The van der Waals surface area contributed by atoms with Gasteiger partial charge in [-0.1, -0.05) is 0 Å². The van der Waals surface area contributed by atoms with Crippen molar-refractivity contribution in [2.45, 2.75) is 23.1 Å². The number of nitrogens with zero attached hydrogens (tertiary/aromatic N) is 3. The molecule has 1 aromatic heterocycles. The molecule has 3 saturated heterocycles. The first-order chi connectivity index (χ1) is 10.8. The van der Waals surface area contributed by atoms with E-state index in [2.05, 4.69) is 15.3 Å². The van der Waals surface area contributed by atoms with Gasteiger partial charge in [-0.05, 0) is 44.0 Å². The number of hydrogen-bond acceptors (Lipinski definition) is 7. The highest BCUT2D eigenvalue weighted by molar-refractivity contribution is 7.98. The summed E-state index contributed by atoms with van der Waals surface area (Å²) in [5.74, 6) is 0.704. The highest BCUT2D eigenvalue weighted by Gasteiger charge is 2.35. The summed E-state index contributed by atoms with van der Waals surface area (Å²) in [6.07, 6.45) is 3.86. The normalized spacial score (nSPS) is 29.6. The summed E-state index contributed by atoms with van der Waals surface area (Å²) in [5.41, 5.74) is 0. The molecule has 1 amide bonds. The molecule has 4 aliphatic heterocycles. The SMILES string of the molecule is O=C(N[C@H]1CN2CCC1CC2)c1ccc(SN2COC=N2)s1. The topological polar surface area (TPSA) is 57.2 Å². The monoisotopic (exact) mass is 338 g/mol. The fourth-order valence-electron chi connectivity index (χ4n) is 3.23. The van der Waals surface area contributed by atoms with E-state index in [1.54, 1.807) is 4.41 Å². The molecule has 0 radical (unpaired) electrons. The van der Waals surface area contributed by atoms with Crippen molar-refractivity contribution in [1.82, 2.24) is 14.6 Å². The molecule has 0 aromatic carbocycles. The van der Waals surface area contributed by atoms with Crippen molar-refractivity contribution in [1.29, 1.82) is 0 Å². The number of fused-ring (bicyclic) bond motifs is 3. The van der Waals surface area contributed by atoms with Gasteiger partial charge in [0.25, 0.3) is 5.91 Å². The summed E-state index contributed by atoms with van der Waals surface area (Å²) in [7, 11) is 0. The average molecular weight is 338 g/mol. The molecule has 0 spiro atoms. The van der Waals surface area contributed by atoms with Gasteiger partial charge in [-0.25, -0.2) is 0 Å². The Labute approximate surface area is 137 Å². The second-order valence-corrected chi connectivity index (χ2v) is 8.18. The molecule has 0 unspecified atom stereocenters. The maximum atomic E-state index is 12.4. The lowest BCUT2D eigenvalue weighted by Gasteiger charge is -2.44. The van der Waals surface area contributed by atoms with Crippen LogP contribution in [0.25, 0.3) is 0 Å². The number of carbonyl (C=O) groups excluding carboxylic acids is 1. The van der Waals surface area contributed by atoms with Crippen molar-refractivity contribution < 1.29 is 9.53 Å². The second-order valence-electron chi connectivity index (χ2n) is 5.80. The van der Waals surface area contributed by atoms with Crippen molar-refractivity contribution in [3.63, 3.8) is 0 Å². The Balaban J connectivity index is 1.36. The second kappa shape index (κ2) is 6.10. The summed E-state index contributed by atoms with van der Waals surface area (Å²) >= 11 is 2.99. The van der Waals surface area contributed by atoms with Gasteiger partial charge < -0.3 is 15.0 Å². The zero-order valence-electron chi connectivity index (χ0n) is 12.1. The van der Waals surface area contributed by atoms with E-state index in [1.807, 2.05) is 12.1 Å². The zero-order valence-corrected chi connectivity index (χ0v) is 13.7. The molecule has 1 atom stereocenters. The van der Waals surface area contributed by atoms with Crippen LogP contribution >= 0.6 is 23.3 Å². The minimum atomic E-state index is 0.0526. The lowest BCUT2D eigenvalue weighted by atomic mass is 9.84. The molecule has 118 valence electrons. The van der Waals surface area contributed by atoms with Gasteiger partial charge >= 0.3 is 0 Å². The molecular formula is C14H18N4O2S2. The van der Waals surface area contributed by atoms with E-state index in [0.29, 0.717) is 18.7 Å². The van der Waals surface area contributed by atoms with E-state index in [0.717, 1.165) is 15.6 Å². The third-order valence-corrected chi connectivity index (χ3v) is 6.49. The van der Waals surface area contributed by atoms with E-state index in [-0.39, 0.29) is 5.91 Å². The van der Waals surface area contributed by atoms with Gasteiger partial charge in [0.15, 0.2) is 13.1 Å². The van der Waals surface area contributed by atoms with Crippen LogP contribution in [-0.2, 0) is 4.74 Å². The van der Waals surface area contributed by atoms with E-state index in [4.69, 9.17) is 4.74 Å². The maximum absolute atomic E-state index is 12.4. The molecule has 1 N–H and O–H groups in total. The highest BCUT2D eigenvalue weighted by atomic mass is 32.2. The Morgan fingerprint density at radius 2 is 2.27 bits per heavy atom. The van der Waals surface area contributed by atoms with Gasteiger partial charge in [0.1, 0.15) is 0 Å². The summed E-state index contributed by atoms with van der Waals surface area (Å²) in [4.78, 5) is 15.7. The molecule has 5 rings (SSSR count). The van der Waals surface area contributed by atoms with Gasteiger partial charge in [0, 0.05) is 24.5 Å². The number of hydrogen-bond donors (Lipinski definition) is 1. The largest absolute Gasteiger partial charge is 0.459 e. The molecule has 0 saturated carbocycles. The molecule has 3 fully saturated rings. The quantitative estimate of drug-likeness (QED) is 0.849. The smallest absolute Gasteiger partial charge is 0.261 e. The van der Waals surface area contributed by atoms with Gasteiger partial charge in [-0.3, -0.25) is 4.79 Å². The Kier molecular flexibility index (Phi) is 3.98. The maximum Gasteiger partial charge on any atom is 0.261 e. The standard InChI is InChI=1S/C14H18N4O2S2/c19-14(16-11-7-17-5-3-10(11)4-6-17)12-1-2-13(21-12)22-18-9-20-8-15-18/h1-2,8,10-11H,3-7,9H2,(H,16,19)/t11-/m0/s1. The molecule has 8 heteroatoms. The van der Waals surface area contributed by atoms with Crippen LogP contribution in [0.2, 0.25) is 0 Å². The minimum absolute atomic E-state index is 0.0526. The molecule has 6 nitrogen and oxygen atoms in total. The van der Waals surface area contributed by atoms with Crippen molar-refractivity contribution in [3.05, 3.63) is 17.0 Å². The Morgan fingerprint density at radius 3 is 2.95 bits per heavy atom. The number of rotatable bonds is 4. The Bertz CT molecular complexity index is 583. The van der Waals surface area contributed by atoms with Crippen LogP contribution < -0.4 is 5.32 Å².